The number of pyridine rings is 1. The molecule has 2 N–H and O–H groups in total. The molecule has 144 valence electrons. The molecule has 7 heteroatoms. The van der Waals surface area contributed by atoms with E-state index in [-0.39, 0.29) is 5.76 Å². The molecular formula is C20H28N4O2Si. The van der Waals surface area contributed by atoms with Gasteiger partial charge >= 0.3 is 0 Å². The van der Waals surface area contributed by atoms with Gasteiger partial charge in [0.05, 0.1) is 5.52 Å². The molecule has 0 fully saturated rings. The number of amides is 1. The molecule has 0 saturated carbocycles. The predicted octanol–water partition coefficient (Wildman–Crippen LogP) is 3.97. The van der Waals surface area contributed by atoms with Gasteiger partial charge < -0.3 is 10.2 Å². The molecule has 0 aromatic carbocycles. The van der Waals surface area contributed by atoms with E-state index in [1.54, 1.807) is 12.1 Å². The standard InChI is InChI=1S/C20H28N4O2Si/c1-12(2)27(13(3)4,14(5)6)18-9-7-8-15-19(22-23-24(15)18)16-10-11-17(26-16)20(21)25/h7-14H,1-6H3,(H2,21,25). The molecule has 3 aromatic rings. The Kier molecular flexibility index (Phi) is 4.99. The van der Waals surface area contributed by atoms with Crippen LogP contribution in [0, 0.1) is 0 Å². The summed E-state index contributed by atoms with van der Waals surface area (Å²) in [4.78, 5) is 11.4. The minimum Gasteiger partial charge on any atom is -0.449 e. The van der Waals surface area contributed by atoms with E-state index in [2.05, 4.69) is 64.0 Å². The van der Waals surface area contributed by atoms with Crippen molar-refractivity contribution in [1.82, 2.24) is 14.8 Å². The molecule has 1 amide bonds. The fourth-order valence-electron chi connectivity index (χ4n) is 4.91. The molecule has 3 aromatic heterocycles. The molecule has 0 aliphatic carbocycles. The van der Waals surface area contributed by atoms with Crippen LogP contribution >= 0.6 is 0 Å². The van der Waals surface area contributed by atoms with Crippen LogP contribution in [0.2, 0.25) is 16.6 Å². The zero-order chi connectivity index (χ0) is 19.9. The summed E-state index contributed by atoms with van der Waals surface area (Å²) >= 11 is 0. The first kappa shape index (κ1) is 19.4. The zero-order valence-electron chi connectivity index (χ0n) is 16.9. The van der Waals surface area contributed by atoms with E-state index in [0.717, 1.165) is 5.52 Å². The maximum absolute atomic E-state index is 11.4. The highest BCUT2D eigenvalue weighted by Gasteiger charge is 2.46. The van der Waals surface area contributed by atoms with Crippen molar-refractivity contribution >= 4 is 24.8 Å². The Morgan fingerprint density at radius 1 is 1.04 bits per heavy atom. The number of fused-ring (bicyclic) bond motifs is 1. The van der Waals surface area contributed by atoms with Gasteiger partial charge in [0, 0.05) is 5.32 Å². The number of carbonyl (C=O) groups is 1. The van der Waals surface area contributed by atoms with Crippen molar-refractivity contribution in [2.75, 3.05) is 0 Å². The Bertz CT molecular complexity index is 950. The number of rotatable bonds is 6. The highest BCUT2D eigenvalue weighted by molar-refractivity contribution is 6.94. The summed E-state index contributed by atoms with van der Waals surface area (Å²) in [5.41, 5.74) is 8.49. The molecule has 0 saturated heterocycles. The monoisotopic (exact) mass is 384 g/mol. The lowest BCUT2D eigenvalue weighted by Gasteiger charge is -2.43. The van der Waals surface area contributed by atoms with Crippen molar-refractivity contribution in [2.24, 2.45) is 5.73 Å². The lowest BCUT2D eigenvalue weighted by Crippen LogP contribution is -2.58. The van der Waals surface area contributed by atoms with Gasteiger partial charge in [-0.1, -0.05) is 52.8 Å². The van der Waals surface area contributed by atoms with Crippen LogP contribution in [-0.2, 0) is 0 Å². The number of primary amides is 1. The number of hydrogen-bond acceptors (Lipinski definition) is 4. The molecule has 0 atom stereocenters. The molecule has 0 aliphatic heterocycles. The zero-order valence-corrected chi connectivity index (χ0v) is 17.9. The van der Waals surface area contributed by atoms with Gasteiger partial charge in [-0.15, -0.1) is 5.10 Å². The van der Waals surface area contributed by atoms with Crippen LogP contribution in [0.25, 0.3) is 17.0 Å². The van der Waals surface area contributed by atoms with E-state index < -0.39 is 14.0 Å². The van der Waals surface area contributed by atoms with Crippen molar-refractivity contribution in [3.63, 3.8) is 0 Å². The van der Waals surface area contributed by atoms with Gasteiger partial charge in [-0.25, -0.2) is 4.52 Å². The van der Waals surface area contributed by atoms with E-state index in [0.29, 0.717) is 28.1 Å². The van der Waals surface area contributed by atoms with Gasteiger partial charge in [-0.05, 0) is 40.9 Å². The van der Waals surface area contributed by atoms with Gasteiger partial charge in [0.2, 0.25) is 0 Å². The second-order valence-corrected chi connectivity index (χ2v) is 13.9. The normalized spacial score (nSPS) is 12.6. The first-order chi connectivity index (χ1) is 12.7. The SMILES string of the molecule is CC(C)[Si](c1cccc2c(-c3ccc(C(N)=O)o3)nnn12)(C(C)C)C(C)C. The average Bonchev–Trinajstić information content (AvgIpc) is 3.21. The smallest absolute Gasteiger partial charge is 0.284 e. The Hall–Kier alpha value is -2.41. The van der Waals surface area contributed by atoms with Crippen LogP contribution in [0.1, 0.15) is 52.1 Å². The Balaban J connectivity index is 2.25. The average molecular weight is 385 g/mol. The number of carbonyl (C=O) groups excluding carboxylic acids is 1. The summed E-state index contributed by atoms with van der Waals surface area (Å²) in [7, 11) is -1.91. The van der Waals surface area contributed by atoms with Crippen LogP contribution < -0.4 is 11.1 Å². The number of hydrogen-bond donors (Lipinski definition) is 1. The van der Waals surface area contributed by atoms with Crippen LogP contribution in [0.15, 0.2) is 34.7 Å². The van der Waals surface area contributed by atoms with Gasteiger partial charge in [0.25, 0.3) is 5.91 Å². The molecule has 0 bridgehead atoms. The Morgan fingerprint density at radius 2 is 1.67 bits per heavy atom. The third-order valence-electron chi connectivity index (χ3n) is 5.83. The van der Waals surface area contributed by atoms with Crippen molar-refractivity contribution in [3.05, 3.63) is 36.1 Å². The van der Waals surface area contributed by atoms with Gasteiger partial charge in [0.1, 0.15) is 8.07 Å². The minimum absolute atomic E-state index is 0.123. The minimum atomic E-state index is -1.91. The quantitative estimate of drug-likeness (QED) is 0.651. The lowest BCUT2D eigenvalue weighted by atomic mass is 10.3. The van der Waals surface area contributed by atoms with Crippen molar-refractivity contribution < 1.29 is 9.21 Å². The largest absolute Gasteiger partial charge is 0.449 e. The molecule has 3 heterocycles. The lowest BCUT2D eigenvalue weighted by molar-refractivity contribution is 0.0974. The van der Waals surface area contributed by atoms with E-state index in [1.165, 1.54) is 5.32 Å². The van der Waals surface area contributed by atoms with Crippen LogP contribution in [-0.4, -0.2) is 28.8 Å². The summed E-state index contributed by atoms with van der Waals surface area (Å²) in [5.74, 6) is 0.0312. The summed E-state index contributed by atoms with van der Waals surface area (Å²) < 4.78 is 7.57. The van der Waals surface area contributed by atoms with Crippen molar-refractivity contribution in [3.8, 4) is 11.5 Å². The number of aromatic nitrogens is 3. The van der Waals surface area contributed by atoms with E-state index >= 15 is 0 Å². The number of nitrogens with zero attached hydrogens (tertiary/aromatic N) is 3. The van der Waals surface area contributed by atoms with Crippen LogP contribution in [0.4, 0.5) is 0 Å². The fourth-order valence-corrected chi connectivity index (χ4v) is 11.6. The van der Waals surface area contributed by atoms with Crippen molar-refractivity contribution in [1.29, 1.82) is 0 Å². The molecule has 27 heavy (non-hydrogen) atoms. The molecule has 0 spiro atoms. The molecular weight excluding hydrogens is 356 g/mol. The van der Waals surface area contributed by atoms with E-state index in [9.17, 15) is 4.79 Å². The Morgan fingerprint density at radius 3 is 2.19 bits per heavy atom. The number of furan rings is 1. The third kappa shape index (κ3) is 2.90. The van der Waals surface area contributed by atoms with Crippen LogP contribution in [0.5, 0.6) is 0 Å². The highest BCUT2D eigenvalue weighted by atomic mass is 28.3. The van der Waals surface area contributed by atoms with E-state index in [4.69, 9.17) is 10.2 Å². The fraction of sp³-hybridized carbons (Fsp3) is 0.450. The Labute approximate surface area is 160 Å². The molecule has 3 rings (SSSR count). The summed E-state index contributed by atoms with van der Waals surface area (Å²) in [6.07, 6.45) is 0. The summed E-state index contributed by atoms with van der Waals surface area (Å²) in [5, 5.41) is 10.1. The van der Waals surface area contributed by atoms with E-state index in [1.807, 2.05) is 10.6 Å². The van der Waals surface area contributed by atoms with Gasteiger partial charge in [0.15, 0.2) is 17.2 Å². The predicted molar refractivity (Wildman–Crippen MR) is 110 cm³/mol. The first-order valence-electron chi connectivity index (χ1n) is 9.46. The van der Waals surface area contributed by atoms with Crippen molar-refractivity contribution in [2.45, 2.75) is 58.2 Å². The second kappa shape index (κ2) is 6.96. The number of nitrogens with two attached hydrogens (primary N) is 1. The van der Waals surface area contributed by atoms with Crippen LogP contribution in [0.3, 0.4) is 0 Å². The molecule has 0 aliphatic rings. The highest BCUT2D eigenvalue weighted by Crippen LogP contribution is 2.41. The van der Waals surface area contributed by atoms with Gasteiger partial charge in [-0.3, -0.25) is 4.79 Å². The second-order valence-electron chi connectivity index (χ2n) is 8.07. The third-order valence-corrected chi connectivity index (χ3v) is 12.8. The topological polar surface area (TPSA) is 86.4 Å². The maximum atomic E-state index is 11.4. The molecule has 6 nitrogen and oxygen atoms in total. The summed E-state index contributed by atoms with van der Waals surface area (Å²) in [6.45, 7) is 14.0. The maximum Gasteiger partial charge on any atom is 0.284 e. The first-order valence-corrected chi connectivity index (χ1v) is 11.7. The van der Waals surface area contributed by atoms with Gasteiger partial charge in [-0.2, -0.15) is 0 Å². The molecule has 0 radical (unpaired) electrons. The summed E-state index contributed by atoms with van der Waals surface area (Å²) in [6, 6.07) is 9.56. The molecule has 0 unspecified atom stereocenters.